The highest BCUT2D eigenvalue weighted by atomic mass is 19.1. The number of hydrogen-bond donors (Lipinski definition) is 0. The lowest BCUT2D eigenvalue weighted by atomic mass is 10.1. The van der Waals surface area contributed by atoms with E-state index in [1.807, 2.05) is 6.07 Å². The number of nitriles is 1. The van der Waals surface area contributed by atoms with E-state index in [2.05, 4.69) is 4.98 Å². The summed E-state index contributed by atoms with van der Waals surface area (Å²) < 4.78 is 31.9. The van der Waals surface area contributed by atoms with Crippen LogP contribution in [0.15, 0.2) is 30.3 Å². The molecule has 0 fully saturated rings. The molecular weight excluding hydrogens is 266 g/mol. The number of aromatic nitrogens is 1. The van der Waals surface area contributed by atoms with Gasteiger partial charge in [-0.15, -0.1) is 0 Å². The zero-order valence-electron chi connectivity index (χ0n) is 10.1. The molecule has 1 aromatic heterocycles. The second-order valence-electron chi connectivity index (χ2n) is 3.85. The van der Waals surface area contributed by atoms with Gasteiger partial charge < -0.3 is 4.74 Å². The summed E-state index contributed by atoms with van der Waals surface area (Å²) in [5.41, 5.74) is 0.235. The molecule has 1 heterocycles. The van der Waals surface area contributed by atoms with E-state index < -0.39 is 11.8 Å². The highest BCUT2D eigenvalue weighted by Crippen LogP contribution is 2.15. The number of halogens is 2. The number of benzene rings is 1. The van der Waals surface area contributed by atoms with Crippen LogP contribution in [0.3, 0.4) is 0 Å². The van der Waals surface area contributed by atoms with Crippen molar-refractivity contribution in [2.24, 2.45) is 0 Å². The minimum atomic E-state index is -0.946. The molecule has 0 N–H and O–H groups in total. The number of carbonyl (C=O) groups is 1. The summed E-state index contributed by atoms with van der Waals surface area (Å²) in [5, 5.41) is 8.61. The second kappa shape index (κ2) is 5.89. The minimum Gasteiger partial charge on any atom is -0.473 e. The van der Waals surface area contributed by atoms with Gasteiger partial charge in [0.15, 0.2) is 6.29 Å². The van der Waals surface area contributed by atoms with Crippen molar-refractivity contribution < 1.29 is 18.3 Å². The molecule has 0 aliphatic rings. The Morgan fingerprint density at radius 3 is 2.70 bits per heavy atom. The molecule has 0 saturated heterocycles. The normalized spacial score (nSPS) is 9.85. The van der Waals surface area contributed by atoms with E-state index >= 15 is 0 Å². The maximum Gasteiger partial charge on any atom is 0.226 e. The molecule has 0 spiro atoms. The molecule has 4 nitrogen and oxygen atoms in total. The first-order chi connectivity index (χ1) is 9.63. The van der Waals surface area contributed by atoms with Gasteiger partial charge in [0, 0.05) is 11.6 Å². The molecule has 0 saturated carbocycles. The average Bonchev–Trinajstić information content (AvgIpc) is 2.46. The summed E-state index contributed by atoms with van der Waals surface area (Å²) in [5.74, 6) is -1.59. The molecule has 20 heavy (non-hydrogen) atoms. The number of nitrogens with zero attached hydrogens (tertiary/aromatic N) is 2. The van der Waals surface area contributed by atoms with Gasteiger partial charge in [-0.2, -0.15) is 14.6 Å². The second-order valence-corrected chi connectivity index (χ2v) is 3.85. The Hall–Kier alpha value is -2.81. The molecule has 0 bridgehead atoms. The first-order valence-electron chi connectivity index (χ1n) is 5.57. The summed E-state index contributed by atoms with van der Waals surface area (Å²) in [6.45, 7) is -0.162. The van der Waals surface area contributed by atoms with Crippen molar-refractivity contribution in [3.63, 3.8) is 0 Å². The number of pyridine rings is 1. The predicted octanol–water partition coefficient (Wildman–Crippen LogP) is 2.62. The third kappa shape index (κ3) is 2.95. The molecule has 100 valence electrons. The van der Waals surface area contributed by atoms with Crippen LogP contribution in [0.1, 0.15) is 21.5 Å². The SMILES string of the molecule is N#Cc1ccc(COc2ccc(C=O)c(F)n2)c(F)c1. The van der Waals surface area contributed by atoms with Crippen molar-refractivity contribution in [2.75, 3.05) is 0 Å². The molecule has 2 aromatic rings. The molecule has 1 aromatic carbocycles. The third-order valence-electron chi connectivity index (χ3n) is 2.54. The van der Waals surface area contributed by atoms with E-state index in [0.29, 0.717) is 6.29 Å². The maximum absolute atomic E-state index is 13.6. The van der Waals surface area contributed by atoms with Gasteiger partial charge in [0.2, 0.25) is 11.8 Å². The molecule has 0 atom stereocenters. The van der Waals surface area contributed by atoms with E-state index in [0.717, 1.165) is 6.07 Å². The molecule has 0 amide bonds. The van der Waals surface area contributed by atoms with Gasteiger partial charge in [-0.1, -0.05) is 6.07 Å². The lowest BCUT2D eigenvalue weighted by molar-refractivity contribution is 0.111. The van der Waals surface area contributed by atoms with Crippen molar-refractivity contribution in [1.82, 2.24) is 4.98 Å². The number of carbonyl (C=O) groups excluding carboxylic acids is 1. The fourth-order valence-corrected chi connectivity index (χ4v) is 1.48. The van der Waals surface area contributed by atoms with Crippen LogP contribution in [0.25, 0.3) is 0 Å². The number of aldehydes is 1. The smallest absolute Gasteiger partial charge is 0.226 e. The van der Waals surface area contributed by atoms with Gasteiger partial charge in [-0.3, -0.25) is 4.79 Å². The van der Waals surface area contributed by atoms with Gasteiger partial charge in [-0.05, 0) is 18.2 Å². The van der Waals surface area contributed by atoms with Crippen molar-refractivity contribution >= 4 is 6.29 Å². The molecule has 0 unspecified atom stereocenters. The van der Waals surface area contributed by atoms with E-state index in [1.165, 1.54) is 24.3 Å². The van der Waals surface area contributed by atoms with E-state index in [1.54, 1.807) is 0 Å². The van der Waals surface area contributed by atoms with E-state index in [-0.39, 0.29) is 29.2 Å². The monoisotopic (exact) mass is 274 g/mol. The Balaban J connectivity index is 2.11. The lowest BCUT2D eigenvalue weighted by Gasteiger charge is -2.07. The molecule has 0 aliphatic heterocycles. The van der Waals surface area contributed by atoms with Crippen LogP contribution in [0.5, 0.6) is 5.88 Å². The van der Waals surface area contributed by atoms with Crippen LogP contribution in [0.4, 0.5) is 8.78 Å². The lowest BCUT2D eigenvalue weighted by Crippen LogP contribution is -2.02. The number of hydrogen-bond acceptors (Lipinski definition) is 4. The average molecular weight is 274 g/mol. The molecular formula is C14H8F2N2O2. The molecule has 2 rings (SSSR count). The summed E-state index contributed by atoms with van der Waals surface area (Å²) in [6.07, 6.45) is 0.340. The van der Waals surface area contributed by atoms with Crippen LogP contribution >= 0.6 is 0 Å². The van der Waals surface area contributed by atoms with Gasteiger partial charge in [-0.25, -0.2) is 4.39 Å². The maximum atomic E-state index is 13.6. The first-order valence-corrected chi connectivity index (χ1v) is 5.57. The third-order valence-corrected chi connectivity index (χ3v) is 2.54. The van der Waals surface area contributed by atoms with Crippen LogP contribution in [0.2, 0.25) is 0 Å². The summed E-state index contributed by atoms with van der Waals surface area (Å²) in [6, 6.07) is 8.29. The molecule has 0 radical (unpaired) electrons. The Bertz CT molecular complexity index is 696. The van der Waals surface area contributed by atoms with Crippen LogP contribution in [-0.2, 0) is 6.61 Å². The van der Waals surface area contributed by atoms with Crippen molar-refractivity contribution in [1.29, 1.82) is 5.26 Å². The fourth-order valence-electron chi connectivity index (χ4n) is 1.48. The Morgan fingerprint density at radius 1 is 1.30 bits per heavy atom. The van der Waals surface area contributed by atoms with Gasteiger partial charge in [0.05, 0.1) is 17.2 Å². The summed E-state index contributed by atoms with van der Waals surface area (Å²) >= 11 is 0. The van der Waals surface area contributed by atoms with Gasteiger partial charge >= 0.3 is 0 Å². The minimum absolute atomic E-state index is 0.0585. The zero-order chi connectivity index (χ0) is 14.5. The first kappa shape index (κ1) is 13.6. The fraction of sp³-hybridized carbons (Fsp3) is 0.0714. The quantitative estimate of drug-likeness (QED) is 0.635. The Kier molecular flexibility index (Phi) is 4.01. The number of rotatable bonds is 4. The summed E-state index contributed by atoms with van der Waals surface area (Å²) in [4.78, 5) is 13.9. The highest BCUT2D eigenvalue weighted by molar-refractivity contribution is 5.74. The van der Waals surface area contributed by atoms with Crippen molar-refractivity contribution in [3.05, 3.63) is 58.8 Å². The van der Waals surface area contributed by atoms with Crippen molar-refractivity contribution in [3.8, 4) is 11.9 Å². The molecule has 6 heteroatoms. The Labute approximate surface area is 113 Å². The van der Waals surface area contributed by atoms with E-state index in [4.69, 9.17) is 10.00 Å². The molecule has 0 aliphatic carbocycles. The van der Waals surface area contributed by atoms with Gasteiger partial charge in [0.25, 0.3) is 0 Å². The van der Waals surface area contributed by atoms with Crippen LogP contribution in [-0.4, -0.2) is 11.3 Å². The topological polar surface area (TPSA) is 63.0 Å². The highest BCUT2D eigenvalue weighted by Gasteiger charge is 2.08. The largest absolute Gasteiger partial charge is 0.473 e. The van der Waals surface area contributed by atoms with E-state index in [9.17, 15) is 13.6 Å². The summed E-state index contributed by atoms with van der Waals surface area (Å²) in [7, 11) is 0. The van der Waals surface area contributed by atoms with Crippen LogP contribution in [0, 0.1) is 23.1 Å². The zero-order valence-corrected chi connectivity index (χ0v) is 10.1. The number of ether oxygens (including phenoxy) is 1. The Morgan fingerprint density at radius 2 is 2.10 bits per heavy atom. The van der Waals surface area contributed by atoms with Crippen LogP contribution < -0.4 is 4.74 Å². The standard InChI is InChI=1S/C14H8F2N2O2/c15-12-5-9(6-17)1-2-11(12)8-20-13-4-3-10(7-19)14(16)18-13/h1-5,7H,8H2. The predicted molar refractivity (Wildman–Crippen MR) is 65.0 cm³/mol. The van der Waals surface area contributed by atoms with Crippen molar-refractivity contribution in [2.45, 2.75) is 6.61 Å². The van der Waals surface area contributed by atoms with Gasteiger partial charge in [0.1, 0.15) is 12.4 Å².